The smallest absolute Gasteiger partial charge is 0.184 e. The van der Waals surface area contributed by atoms with Gasteiger partial charge < -0.3 is 14.8 Å². The number of hydrogen-bond acceptors (Lipinski definition) is 5. The van der Waals surface area contributed by atoms with Crippen molar-refractivity contribution in [1.29, 1.82) is 0 Å². The van der Waals surface area contributed by atoms with Crippen LogP contribution in [0, 0.1) is 0 Å². The van der Waals surface area contributed by atoms with E-state index in [-0.39, 0.29) is 0 Å². The van der Waals surface area contributed by atoms with Gasteiger partial charge in [0.05, 0.1) is 24.4 Å². The van der Waals surface area contributed by atoms with E-state index in [0.717, 1.165) is 32.4 Å². The Kier molecular flexibility index (Phi) is 3.92. The minimum absolute atomic E-state index is 0.682. The Morgan fingerprint density at radius 2 is 1.95 bits per heavy atom. The van der Waals surface area contributed by atoms with E-state index < -0.39 is 0 Å². The van der Waals surface area contributed by atoms with Crippen LogP contribution in [0.15, 0.2) is 42.5 Å². The molecule has 0 aliphatic rings. The second kappa shape index (κ2) is 6.01. The zero-order valence-corrected chi connectivity index (χ0v) is 12.7. The summed E-state index contributed by atoms with van der Waals surface area (Å²) in [5.41, 5.74) is 2.08. The minimum Gasteiger partial charge on any atom is -0.497 e. The Morgan fingerprint density at radius 3 is 2.76 bits per heavy atom. The van der Waals surface area contributed by atoms with Crippen LogP contribution in [0.3, 0.4) is 0 Å². The molecule has 0 bridgehead atoms. The lowest BCUT2D eigenvalue weighted by atomic mass is 10.2. The summed E-state index contributed by atoms with van der Waals surface area (Å²) in [6.07, 6.45) is 0. The molecule has 108 valence electrons. The third kappa shape index (κ3) is 2.92. The Balaban J connectivity index is 1.79. The highest BCUT2D eigenvalue weighted by atomic mass is 32.1. The summed E-state index contributed by atoms with van der Waals surface area (Å²) in [5.74, 6) is 1.73. The molecule has 0 unspecified atom stereocenters. The molecule has 21 heavy (non-hydrogen) atoms. The van der Waals surface area contributed by atoms with Crippen molar-refractivity contribution in [3.05, 3.63) is 48.0 Å². The third-order valence-corrected chi connectivity index (χ3v) is 4.19. The molecule has 0 radical (unpaired) electrons. The van der Waals surface area contributed by atoms with Crippen LogP contribution < -0.4 is 14.8 Å². The average Bonchev–Trinajstić information content (AvgIpc) is 2.94. The molecule has 0 saturated heterocycles. The fraction of sp³-hybridized carbons (Fsp3) is 0.188. The van der Waals surface area contributed by atoms with E-state index in [1.54, 1.807) is 25.6 Å². The van der Waals surface area contributed by atoms with Gasteiger partial charge in [-0.05, 0) is 24.3 Å². The summed E-state index contributed by atoms with van der Waals surface area (Å²) >= 11 is 1.62. The number of nitrogens with zero attached hydrogens (tertiary/aromatic N) is 1. The molecule has 0 saturated carbocycles. The molecule has 3 aromatic rings. The molecule has 0 spiro atoms. The quantitative estimate of drug-likeness (QED) is 0.775. The van der Waals surface area contributed by atoms with Crippen LogP contribution in [0.4, 0.5) is 5.13 Å². The van der Waals surface area contributed by atoms with E-state index in [9.17, 15) is 0 Å². The number of nitrogens with one attached hydrogen (secondary N) is 1. The monoisotopic (exact) mass is 300 g/mol. The number of aromatic nitrogens is 1. The number of thiazole rings is 1. The standard InChI is InChI=1S/C16H16N2O2S/c1-19-12-7-8-13-15(9-12)21-16(18-13)17-10-11-5-3-4-6-14(11)20-2/h3-9H,10H2,1-2H3,(H,17,18). The second-order valence-corrected chi connectivity index (χ2v) is 5.55. The molecule has 0 atom stereocenters. The number of hydrogen-bond donors (Lipinski definition) is 1. The Hall–Kier alpha value is -2.27. The number of ether oxygens (including phenoxy) is 2. The van der Waals surface area contributed by atoms with Crippen molar-refractivity contribution >= 4 is 26.7 Å². The lowest BCUT2D eigenvalue weighted by Gasteiger charge is -2.08. The van der Waals surface area contributed by atoms with Gasteiger partial charge in [0.1, 0.15) is 11.5 Å². The molecular weight excluding hydrogens is 284 g/mol. The Labute approximate surface area is 127 Å². The van der Waals surface area contributed by atoms with Crippen molar-refractivity contribution < 1.29 is 9.47 Å². The summed E-state index contributed by atoms with van der Waals surface area (Å²) in [4.78, 5) is 4.57. The summed E-state index contributed by atoms with van der Waals surface area (Å²) < 4.78 is 11.7. The third-order valence-electron chi connectivity index (χ3n) is 3.22. The number of methoxy groups -OCH3 is 2. The van der Waals surface area contributed by atoms with E-state index in [4.69, 9.17) is 9.47 Å². The second-order valence-electron chi connectivity index (χ2n) is 4.52. The van der Waals surface area contributed by atoms with Crippen LogP contribution in [0.2, 0.25) is 0 Å². The first kappa shape index (κ1) is 13.7. The van der Waals surface area contributed by atoms with Gasteiger partial charge >= 0.3 is 0 Å². The first-order valence-electron chi connectivity index (χ1n) is 6.60. The van der Waals surface area contributed by atoms with Crippen LogP contribution in [-0.4, -0.2) is 19.2 Å². The summed E-state index contributed by atoms with van der Waals surface area (Å²) in [6.45, 7) is 0.682. The van der Waals surface area contributed by atoms with E-state index in [1.165, 1.54) is 0 Å². The van der Waals surface area contributed by atoms with Gasteiger partial charge in [0.25, 0.3) is 0 Å². The SMILES string of the molecule is COc1ccc2nc(NCc3ccccc3OC)sc2c1. The number of fused-ring (bicyclic) bond motifs is 1. The lowest BCUT2D eigenvalue weighted by molar-refractivity contribution is 0.410. The van der Waals surface area contributed by atoms with Gasteiger partial charge in [-0.15, -0.1) is 0 Å². The van der Waals surface area contributed by atoms with Crippen molar-refractivity contribution in [2.75, 3.05) is 19.5 Å². The van der Waals surface area contributed by atoms with Crippen LogP contribution in [0.25, 0.3) is 10.2 Å². The number of anilines is 1. The fourth-order valence-electron chi connectivity index (χ4n) is 2.13. The molecule has 1 aromatic heterocycles. The maximum atomic E-state index is 5.35. The number of para-hydroxylation sites is 1. The lowest BCUT2D eigenvalue weighted by Crippen LogP contribution is -2.00. The molecule has 0 aliphatic carbocycles. The number of benzene rings is 2. The minimum atomic E-state index is 0.682. The molecule has 5 heteroatoms. The predicted octanol–water partition coefficient (Wildman–Crippen LogP) is 3.93. The van der Waals surface area contributed by atoms with Crippen LogP contribution >= 0.6 is 11.3 Å². The van der Waals surface area contributed by atoms with Gasteiger partial charge in [-0.1, -0.05) is 29.5 Å². The van der Waals surface area contributed by atoms with Crippen molar-refractivity contribution in [3.63, 3.8) is 0 Å². The number of rotatable bonds is 5. The van der Waals surface area contributed by atoms with Crippen LogP contribution in [0.1, 0.15) is 5.56 Å². The summed E-state index contributed by atoms with van der Waals surface area (Å²) in [7, 11) is 3.35. The van der Waals surface area contributed by atoms with Crippen LogP contribution in [0.5, 0.6) is 11.5 Å². The van der Waals surface area contributed by atoms with E-state index in [2.05, 4.69) is 10.3 Å². The highest BCUT2D eigenvalue weighted by Gasteiger charge is 2.06. The molecule has 0 aliphatic heterocycles. The molecule has 1 heterocycles. The average molecular weight is 300 g/mol. The van der Waals surface area contributed by atoms with Gasteiger partial charge in [-0.25, -0.2) is 4.98 Å². The molecule has 1 N–H and O–H groups in total. The largest absolute Gasteiger partial charge is 0.497 e. The molecule has 2 aromatic carbocycles. The molecule has 4 nitrogen and oxygen atoms in total. The molecule has 0 fully saturated rings. The topological polar surface area (TPSA) is 43.4 Å². The predicted molar refractivity (Wildman–Crippen MR) is 86.5 cm³/mol. The van der Waals surface area contributed by atoms with Gasteiger partial charge in [-0.2, -0.15) is 0 Å². The van der Waals surface area contributed by atoms with E-state index in [0.29, 0.717) is 6.54 Å². The maximum absolute atomic E-state index is 5.35. The molecular formula is C16H16N2O2S. The highest BCUT2D eigenvalue weighted by Crippen LogP contribution is 2.29. The van der Waals surface area contributed by atoms with Gasteiger partial charge in [0, 0.05) is 12.1 Å². The van der Waals surface area contributed by atoms with Crippen molar-refractivity contribution in [2.45, 2.75) is 6.54 Å². The van der Waals surface area contributed by atoms with E-state index in [1.807, 2.05) is 42.5 Å². The summed E-state index contributed by atoms with van der Waals surface area (Å²) in [5, 5.41) is 4.24. The first-order valence-corrected chi connectivity index (χ1v) is 7.42. The Morgan fingerprint density at radius 1 is 1.10 bits per heavy atom. The van der Waals surface area contributed by atoms with Gasteiger partial charge in [-0.3, -0.25) is 0 Å². The van der Waals surface area contributed by atoms with Crippen molar-refractivity contribution in [2.24, 2.45) is 0 Å². The van der Waals surface area contributed by atoms with Crippen molar-refractivity contribution in [3.8, 4) is 11.5 Å². The maximum Gasteiger partial charge on any atom is 0.184 e. The van der Waals surface area contributed by atoms with Gasteiger partial charge in [0.2, 0.25) is 0 Å². The first-order chi connectivity index (χ1) is 10.3. The van der Waals surface area contributed by atoms with Gasteiger partial charge in [0.15, 0.2) is 5.13 Å². The normalized spacial score (nSPS) is 10.6. The molecule has 0 amide bonds. The highest BCUT2D eigenvalue weighted by molar-refractivity contribution is 7.22. The Bertz CT molecular complexity index is 755. The zero-order chi connectivity index (χ0) is 14.7. The summed E-state index contributed by atoms with van der Waals surface area (Å²) in [6, 6.07) is 13.9. The molecule has 3 rings (SSSR count). The zero-order valence-electron chi connectivity index (χ0n) is 11.9. The van der Waals surface area contributed by atoms with E-state index >= 15 is 0 Å². The fourth-order valence-corrected chi connectivity index (χ4v) is 3.02. The van der Waals surface area contributed by atoms with Crippen LogP contribution in [-0.2, 0) is 6.54 Å². The van der Waals surface area contributed by atoms with Crippen molar-refractivity contribution in [1.82, 2.24) is 4.98 Å².